The molecule has 3 amide bonds. The molecule has 2 aromatic rings. The molecule has 162 valence electrons. The quantitative estimate of drug-likeness (QED) is 0.497. The van der Waals surface area contributed by atoms with Crippen molar-refractivity contribution in [1.29, 1.82) is 0 Å². The number of urea groups is 1. The lowest BCUT2D eigenvalue weighted by atomic mass is 10.2. The number of rotatable bonds is 10. The molecule has 0 unspecified atom stereocenters. The van der Waals surface area contributed by atoms with Gasteiger partial charge >= 0.3 is 6.03 Å². The fourth-order valence-electron chi connectivity index (χ4n) is 2.87. The van der Waals surface area contributed by atoms with Crippen molar-refractivity contribution in [2.75, 3.05) is 22.1 Å². The Morgan fingerprint density at radius 3 is 2.27 bits per heavy atom. The molecule has 0 aromatic heterocycles. The molecular weight excluding hydrogens is 402 g/mol. The number of unbranched alkanes of at least 4 members (excludes halogenated alkanes) is 2. The molecule has 0 bridgehead atoms. The Kier molecular flexibility index (Phi) is 8.86. The molecule has 2 rings (SSSR count). The van der Waals surface area contributed by atoms with Crippen molar-refractivity contribution in [3.05, 3.63) is 59.7 Å². The summed E-state index contributed by atoms with van der Waals surface area (Å²) >= 11 is 0. The third kappa shape index (κ3) is 8.65. The second-order valence-electron chi connectivity index (χ2n) is 7.22. The Bertz CT molecular complexity index is 974. The Labute approximate surface area is 178 Å². The first-order valence-corrected chi connectivity index (χ1v) is 11.8. The number of benzene rings is 2. The van der Waals surface area contributed by atoms with E-state index in [1.165, 1.54) is 0 Å². The zero-order chi connectivity index (χ0) is 22.0. The summed E-state index contributed by atoms with van der Waals surface area (Å²) in [5.74, 6) is -1.00. The summed E-state index contributed by atoms with van der Waals surface area (Å²) in [4.78, 5) is 24.2. The number of carbonyl (C=O) groups is 2. The predicted octanol–water partition coefficient (Wildman–Crippen LogP) is 3.86. The second kappa shape index (κ2) is 11.3. The highest BCUT2D eigenvalue weighted by molar-refractivity contribution is 7.92. The van der Waals surface area contributed by atoms with Crippen LogP contribution in [0.15, 0.2) is 48.5 Å². The molecule has 0 heterocycles. The van der Waals surface area contributed by atoms with Gasteiger partial charge in [0.25, 0.3) is 0 Å². The molecule has 0 saturated carbocycles. The van der Waals surface area contributed by atoms with E-state index in [0.29, 0.717) is 17.8 Å². The number of hydrogen-bond acceptors (Lipinski definition) is 4. The van der Waals surface area contributed by atoms with Crippen LogP contribution in [0.3, 0.4) is 0 Å². The first-order chi connectivity index (χ1) is 14.3. The maximum atomic E-state index is 12.2. The minimum Gasteiger partial charge on any atom is -0.351 e. The lowest BCUT2D eigenvalue weighted by Gasteiger charge is -2.10. The van der Waals surface area contributed by atoms with Gasteiger partial charge in [-0.15, -0.1) is 0 Å². The molecule has 7 nitrogen and oxygen atoms in total. The third-order valence-corrected chi connectivity index (χ3v) is 5.97. The van der Waals surface area contributed by atoms with Gasteiger partial charge in [-0.1, -0.05) is 44.0 Å². The molecule has 8 heteroatoms. The second-order valence-corrected chi connectivity index (χ2v) is 9.41. The molecule has 0 aliphatic rings. The molecular formula is C22H29N3O4S. The number of sulfone groups is 1. The number of aryl methyl sites for hydroxylation is 1. The standard InChI is InChI=1S/C22H29N3O4S/c1-3-4-5-12-30(28,29)16-21(26)23-15-18-9-7-11-20(14-18)25-22(27)24-19-10-6-8-17(2)13-19/h6-11,13-14H,3-5,12,15-16H2,1-2H3,(H,23,26)(H2,24,25,27). The molecule has 2 aromatic carbocycles. The summed E-state index contributed by atoms with van der Waals surface area (Å²) in [6.07, 6.45) is 2.33. The summed E-state index contributed by atoms with van der Waals surface area (Å²) in [5.41, 5.74) is 3.05. The summed E-state index contributed by atoms with van der Waals surface area (Å²) in [6, 6.07) is 14.1. The van der Waals surface area contributed by atoms with E-state index in [2.05, 4.69) is 16.0 Å². The van der Waals surface area contributed by atoms with Gasteiger partial charge in [0.1, 0.15) is 5.75 Å². The van der Waals surface area contributed by atoms with Gasteiger partial charge in [-0.25, -0.2) is 13.2 Å². The SMILES string of the molecule is CCCCCS(=O)(=O)CC(=O)NCc1cccc(NC(=O)Nc2cccc(C)c2)c1. The average Bonchev–Trinajstić information content (AvgIpc) is 2.66. The molecule has 3 N–H and O–H groups in total. The molecule has 0 spiro atoms. The highest BCUT2D eigenvalue weighted by Gasteiger charge is 2.16. The predicted molar refractivity (Wildman–Crippen MR) is 120 cm³/mol. The summed E-state index contributed by atoms with van der Waals surface area (Å²) in [6.45, 7) is 4.12. The zero-order valence-electron chi connectivity index (χ0n) is 17.4. The average molecular weight is 432 g/mol. The Balaban J connectivity index is 1.85. The molecule has 0 radical (unpaired) electrons. The van der Waals surface area contributed by atoms with E-state index in [1.54, 1.807) is 30.3 Å². The fraction of sp³-hybridized carbons (Fsp3) is 0.364. The minimum absolute atomic E-state index is 0.0315. The minimum atomic E-state index is -3.39. The van der Waals surface area contributed by atoms with E-state index in [1.807, 2.05) is 32.0 Å². The molecule has 0 aliphatic carbocycles. The van der Waals surface area contributed by atoms with Crippen molar-refractivity contribution in [2.45, 2.75) is 39.7 Å². The largest absolute Gasteiger partial charge is 0.351 e. The normalized spacial score (nSPS) is 11.0. The van der Waals surface area contributed by atoms with E-state index in [0.717, 1.165) is 24.0 Å². The number of amides is 3. The van der Waals surface area contributed by atoms with Crippen LogP contribution in [0, 0.1) is 6.92 Å². The van der Waals surface area contributed by atoms with Gasteiger partial charge in [0, 0.05) is 17.9 Å². The number of carbonyl (C=O) groups excluding carboxylic acids is 2. The molecule has 0 saturated heterocycles. The van der Waals surface area contributed by atoms with Gasteiger partial charge in [-0.05, 0) is 48.7 Å². The van der Waals surface area contributed by atoms with Crippen molar-refractivity contribution < 1.29 is 18.0 Å². The Hall–Kier alpha value is -2.87. The van der Waals surface area contributed by atoms with Crippen molar-refractivity contribution in [3.8, 4) is 0 Å². The van der Waals surface area contributed by atoms with Crippen molar-refractivity contribution in [1.82, 2.24) is 5.32 Å². The van der Waals surface area contributed by atoms with Gasteiger partial charge in [0.15, 0.2) is 9.84 Å². The van der Waals surface area contributed by atoms with E-state index < -0.39 is 21.5 Å². The van der Waals surface area contributed by atoms with Crippen LogP contribution in [0.2, 0.25) is 0 Å². The maximum absolute atomic E-state index is 12.2. The third-order valence-electron chi connectivity index (χ3n) is 4.36. The van der Waals surface area contributed by atoms with Crippen LogP contribution in [0.5, 0.6) is 0 Å². The lowest BCUT2D eigenvalue weighted by Crippen LogP contribution is -2.31. The lowest BCUT2D eigenvalue weighted by molar-refractivity contribution is -0.118. The van der Waals surface area contributed by atoms with E-state index >= 15 is 0 Å². The Morgan fingerprint density at radius 1 is 0.933 bits per heavy atom. The molecule has 0 atom stereocenters. The van der Waals surface area contributed by atoms with Crippen LogP contribution < -0.4 is 16.0 Å². The molecule has 0 aliphatic heterocycles. The smallest absolute Gasteiger partial charge is 0.323 e. The van der Waals surface area contributed by atoms with Gasteiger partial charge in [-0.2, -0.15) is 0 Å². The van der Waals surface area contributed by atoms with Crippen molar-refractivity contribution in [3.63, 3.8) is 0 Å². The molecule has 0 fully saturated rings. The highest BCUT2D eigenvalue weighted by Crippen LogP contribution is 2.13. The van der Waals surface area contributed by atoms with Crippen LogP contribution in [0.25, 0.3) is 0 Å². The van der Waals surface area contributed by atoms with Crippen LogP contribution in [0.4, 0.5) is 16.2 Å². The van der Waals surface area contributed by atoms with Gasteiger partial charge < -0.3 is 16.0 Å². The molecule has 30 heavy (non-hydrogen) atoms. The maximum Gasteiger partial charge on any atom is 0.323 e. The first-order valence-electron chi connectivity index (χ1n) is 9.98. The van der Waals surface area contributed by atoms with Crippen LogP contribution >= 0.6 is 0 Å². The van der Waals surface area contributed by atoms with E-state index in [9.17, 15) is 18.0 Å². The fourth-order valence-corrected chi connectivity index (χ4v) is 4.16. The highest BCUT2D eigenvalue weighted by atomic mass is 32.2. The first kappa shape index (κ1) is 23.4. The number of anilines is 2. The topological polar surface area (TPSA) is 104 Å². The zero-order valence-corrected chi connectivity index (χ0v) is 18.2. The monoisotopic (exact) mass is 431 g/mol. The van der Waals surface area contributed by atoms with Crippen LogP contribution in [0.1, 0.15) is 37.3 Å². The van der Waals surface area contributed by atoms with Crippen molar-refractivity contribution in [2.24, 2.45) is 0 Å². The van der Waals surface area contributed by atoms with Gasteiger partial charge in [0.2, 0.25) is 5.91 Å². The van der Waals surface area contributed by atoms with Crippen LogP contribution in [-0.4, -0.2) is 31.9 Å². The Morgan fingerprint density at radius 2 is 1.60 bits per heavy atom. The number of nitrogens with one attached hydrogen (secondary N) is 3. The van der Waals surface area contributed by atoms with E-state index in [-0.39, 0.29) is 18.3 Å². The summed E-state index contributed by atoms with van der Waals surface area (Å²) in [7, 11) is -3.39. The van der Waals surface area contributed by atoms with E-state index in [4.69, 9.17) is 0 Å². The summed E-state index contributed by atoms with van der Waals surface area (Å²) in [5, 5.41) is 8.13. The number of hydrogen-bond donors (Lipinski definition) is 3. The summed E-state index contributed by atoms with van der Waals surface area (Å²) < 4.78 is 23.9. The van der Waals surface area contributed by atoms with Crippen molar-refractivity contribution >= 4 is 33.2 Å². The van der Waals surface area contributed by atoms with Gasteiger partial charge in [-0.3, -0.25) is 4.79 Å². The van der Waals surface area contributed by atoms with Gasteiger partial charge in [0.05, 0.1) is 5.75 Å². The van der Waals surface area contributed by atoms with Crippen LogP contribution in [-0.2, 0) is 21.2 Å².